The number of rotatable bonds is 8. The fourth-order valence-electron chi connectivity index (χ4n) is 3.33. The average Bonchev–Trinajstić information content (AvgIpc) is 3.24. The van der Waals surface area contributed by atoms with E-state index in [1.165, 1.54) is 4.90 Å². The molecule has 0 bridgehead atoms. The number of hydrogen-bond donors (Lipinski definition) is 2. The molecule has 1 fully saturated rings. The van der Waals surface area contributed by atoms with Gasteiger partial charge in [0.15, 0.2) is 12.6 Å². The molecule has 2 aromatic rings. The Kier molecular flexibility index (Phi) is 10.4. The van der Waals surface area contributed by atoms with Crippen LogP contribution in [0.5, 0.6) is 5.75 Å². The minimum Gasteiger partial charge on any atom is -0.484 e. The maximum atomic E-state index is 11.9. The van der Waals surface area contributed by atoms with Crippen molar-refractivity contribution in [2.45, 2.75) is 25.9 Å². The van der Waals surface area contributed by atoms with Crippen LogP contribution in [0.15, 0.2) is 53.5 Å². The standard InChI is InChI=1S/C24H31N5O3.HI/c1-25-24(26-15-18-9-11-20(12-10-18)29-13-5-8-22(29)30)27-16-19-6-4-7-21(14-19)32-17-23(31)28(2)3;/h4,6-7,9-12,14H,5,8,13,15-17H2,1-3H3,(H2,25,26,27);1H. The Labute approximate surface area is 212 Å². The van der Waals surface area contributed by atoms with Crippen LogP contribution in [0.1, 0.15) is 24.0 Å². The van der Waals surface area contributed by atoms with Crippen LogP contribution in [0.3, 0.4) is 0 Å². The summed E-state index contributed by atoms with van der Waals surface area (Å²) in [4.78, 5) is 31.2. The van der Waals surface area contributed by atoms with E-state index in [-0.39, 0.29) is 42.4 Å². The maximum Gasteiger partial charge on any atom is 0.259 e. The first-order chi connectivity index (χ1) is 15.5. The summed E-state index contributed by atoms with van der Waals surface area (Å²) in [6, 6.07) is 15.6. The van der Waals surface area contributed by atoms with Crippen LogP contribution < -0.4 is 20.3 Å². The summed E-state index contributed by atoms with van der Waals surface area (Å²) in [7, 11) is 5.13. The molecule has 33 heavy (non-hydrogen) atoms. The van der Waals surface area contributed by atoms with Crippen molar-refractivity contribution in [3.05, 3.63) is 59.7 Å². The fraction of sp³-hybridized carbons (Fsp3) is 0.375. The Morgan fingerprint density at radius 3 is 2.39 bits per heavy atom. The van der Waals surface area contributed by atoms with E-state index in [1.807, 2.05) is 53.4 Å². The van der Waals surface area contributed by atoms with Crippen molar-refractivity contribution in [3.63, 3.8) is 0 Å². The van der Waals surface area contributed by atoms with Crippen molar-refractivity contribution < 1.29 is 14.3 Å². The van der Waals surface area contributed by atoms with Crippen LogP contribution in [0, 0.1) is 0 Å². The van der Waals surface area contributed by atoms with E-state index >= 15 is 0 Å². The van der Waals surface area contributed by atoms with Crippen molar-refractivity contribution >= 4 is 47.4 Å². The molecule has 2 aromatic carbocycles. The zero-order valence-electron chi connectivity index (χ0n) is 19.3. The smallest absolute Gasteiger partial charge is 0.259 e. The van der Waals surface area contributed by atoms with Gasteiger partial charge in [0.25, 0.3) is 5.91 Å². The highest BCUT2D eigenvalue weighted by molar-refractivity contribution is 14.0. The van der Waals surface area contributed by atoms with Crippen LogP contribution in [0.4, 0.5) is 5.69 Å². The van der Waals surface area contributed by atoms with Gasteiger partial charge >= 0.3 is 0 Å². The average molecular weight is 565 g/mol. The van der Waals surface area contributed by atoms with Gasteiger partial charge in [-0.05, 0) is 41.8 Å². The van der Waals surface area contributed by atoms with Crippen molar-refractivity contribution in [3.8, 4) is 5.75 Å². The number of carbonyl (C=O) groups excluding carboxylic acids is 2. The second-order valence-electron chi connectivity index (χ2n) is 7.82. The van der Waals surface area contributed by atoms with Gasteiger partial charge in [0.1, 0.15) is 5.75 Å². The monoisotopic (exact) mass is 565 g/mol. The molecule has 1 saturated heterocycles. The van der Waals surface area contributed by atoms with Gasteiger partial charge in [0, 0.05) is 52.9 Å². The van der Waals surface area contributed by atoms with Crippen LogP contribution in [0.2, 0.25) is 0 Å². The first-order valence-electron chi connectivity index (χ1n) is 10.7. The molecule has 0 aromatic heterocycles. The van der Waals surface area contributed by atoms with E-state index < -0.39 is 0 Å². The quantitative estimate of drug-likeness (QED) is 0.292. The van der Waals surface area contributed by atoms with Crippen molar-refractivity contribution in [2.24, 2.45) is 4.99 Å². The predicted octanol–water partition coefficient (Wildman–Crippen LogP) is 2.76. The summed E-state index contributed by atoms with van der Waals surface area (Å²) in [6.07, 6.45) is 1.56. The van der Waals surface area contributed by atoms with Gasteiger partial charge in [-0.1, -0.05) is 24.3 Å². The molecule has 178 valence electrons. The van der Waals surface area contributed by atoms with Crippen LogP contribution >= 0.6 is 24.0 Å². The molecule has 0 unspecified atom stereocenters. The SMILES string of the molecule is CN=C(NCc1ccc(N2CCCC2=O)cc1)NCc1cccc(OCC(=O)N(C)C)c1.I. The van der Waals surface area contributed by atoms with Crippen LogP contribution in [-0.4, -0.2) is 57.0 Å². The third-order valence-electron chi connectivity index (χ3n) is 5.22. The molecule has 1 heterocycles. The lowest BCUT2D eigenvalue weighted by molar-refractivity contribution is -0.130. The summed E-state index contributed by atoms with van der Waals surface area (Å²) in [5.74, 6) is 1.44. The minimum absolute atomic E-state index is 0. The molecule has 0 saturated carbocycles. The topological polar surface area (TPSA) is 86.3 Å². The number of nitrogens with zero attached hydrogens (tertiary/aromatic N) is 3. The number of nitrogens with one attached hydrogen (secondary N) is 2. The van der Waals surface area contributed by atoms with Gasteiger partial charge in [-0.3, -0.25) is 14.6 Å². The zero-order valence-corrected chi connectivity index (χ0v) is 21.7. The molecular formula is C24H32IN5O3. The molecule has 1 aliphatic heterocycles. The second-order valence-corrected chi connectivity index (χ2v) is 7.82. The predicted molar refractivity (Wildman–Crippen MR) is 141 cm³/mol. The number of anilines is 1. The molecular weight excluding hydrogens is 533 g/mol. The molecule has 0 radical (unpaired) electrons. The third-order valence-corrected chi connectivity index (χ3v) is 5.22. The molecule has 9 heteroatoms. The van der Waals surface area contributed by atoms with E-state index in [9.17, 15) is 9.59 Å². The third kappa shape index (κ3) is 7.92. The number of benzene rings is 2. The van der Waals surface area contributed by atoms with Crippen LogP contribution in [0.25, 0.3) is 0 Å². The van der Waals surface area contributed by atoms with E-state index in [1.54, 1.807) is 21.1 Å². The molecule has 1 aliphatic rings. The van der Waals surface area contributed by atoms with Gasteiger partial charge in [-0.2, -0.15) is 0 Å². The second kappa shape index (κ2) is 13.0. The number of carbonyl (C=O) groups is 2. The molecule has 0 atom stereocenters. The highest BCUT2D eigenvalue weighted by Gasteiger charge is 2.21. The first-order valence-corrected chi connectivity index (χ1v) is 10.7. The number of guanidine groups is 1. The van der Waals surface area contributed by atoms with Crippen LogP contribution in [-0.2, 0) is 22.7 Å². The highest BCUT2D eigenvalue weighted by Crippen LogP contribution is 2.21. The van der Waals surface area contributed by atoms with Crippen molar-refractivity contribution in [1.82, 2.24) is 15.5 Å². The number of ether oxygens (including phenoxy) is 1. The van der Waals surface area contributed by atoms with Gasteiger partial charge in [0.2, 0.25) is 5.91 Å². The Balaban J connectivity index is 0.00000385. The van der Waals surface area contributed by atoms with E-state index in [4.69, 9.17) is 4.74 Å². The van der Waals surface area contributed by atoms with Gasteiger partial charge < -0.3 is 25.2 Å². The van der Waals surface area contributed by atoms with E-state index in [0.29, 0.717) is 31.2 Å². The van der Waals surface area contributed by atoms with Gasteiger partial charge in [-0.25, -0.2) is 0 Å². The minimum atomic E-state index is -0.0850. The number of aliphatic imine (C=N–C) groups is 1. The lowest BCUT2D eigenvalue weighted by atomic mass is 10.2. The van der Waals surface area contributed by atoms with Gasteiger partial charge in [-0.15, -0.1) is 24.0 Å². The first kappa shape index (κ1) is 26.4. The molecule has 2 amide bonds. The van der Waals surface area contributed by atoms with E-state index in [2.05, 4.69) is 15.6 Å². The van der Waals surface area contributed by atoms with Crippen molar-refractivity contribution in [1.29, 1.82) is 0 Å². The van der Waals surface area contributed by atoms with E-state index in [0.717, 1.165) is 29.8 Å². The number of hydrogen-bond acceptors (Lipinski definition) is 4. The molecule has 8 nitrogen and oxygen atoms in total. The Hall–Kier alpha value is -2.82. The number of likely N-dealkylation sites (N-methyl/N-ethyl adjacent to an activating group) is 1. The molecule has 2 N–H and O–H groups in total. The summed E-state index contributed by atoms with van der Waals surface area (Å²) in [5, 5.41) is 6.58. The normalized spacial score (nSPS) is 13.4. The Morgan fingerprint density at radius 2 is 1.79 bits per heavy atom. The lowest BCUT2D eigenvalue weighted by Crippen LogP contribution is -2.36. The fourth-order valence-corrected chi connectivity index (χ4v) is 3.33. The molecule has 0 aliphatic carbocycles. The summed E-state index contributed by atoms with van der Waals surface area (Å²) in [5.41, 5.74) is 3.07. The number of halogens is 1. The summed E-state index contributed by atoms with van der Waals surface area (Å²) in [6.45, 7) is 1.99. The molecule has 3 rings (SSSR count). The highest BCUT2D eigenvalue weighted by atomic mass is 127. The maximum absolute atomic E-state index is 11.9. The largest absolute Gasteiger partial charge is 0.484 e. The van der Waals surface area contributed by atoms with Crippen molar-refractivity contribution in [2.75, 3.05) is 39.2 Å². The zero-order chi connectivity index (χ0) is 22.9. The summed E-state index contributed by atoms with van der Waals surface area (Å²) >= 11 is 0. The summed E-state index contributed by atoms with van der Waals surface area (Å²) < 4.78 is 5.57. The molecule has 0 spiro atoms. The Bertz CT molecular complexity index is 963. The Morgan fingerprint density at radius 1 is 1.09 bits per heavy atom. The lowest BCUT2D eigenvalue weighted by Gasteiger charge is -2.16. The number of amides is 2. The van der Waals surface area contributed by atoms with Gasteiger partial charge in [0.05, 0.1) is 0 Å².